The van der Waals surface area contributed by atoms with Gasteiger partial charge in [-0.2, -0.15) is 0 Å². The fraction of sp³-hybridized carbons (Fsp3) is 0.500. The smallest absolute Gasteiger partial charge is 0.769 e. The van der Waals surface area contributed by atoms with Crippen molar-refractivity contribution in [1.82, 2.24) is 0 Å². The van der Waals surface area contributed by atoms with E-state index in [1.165, 1.54) is 26.4 Å². The van der Waals surface area contributed by atoms with Crippen LogP contribution in [0.5, 0.6) is 11.5 Å². The number of carboxylic acids is 1. The summed E-state index contributed by atoms with van der Waals surface area (Å²) in [5.41, 5.74) is 2.64. The Bertz CT molecular complexity index is 1210. The molecule has 2 aliphatic rings. The van der Waals surface area contributed by atoms with Gasteiger partial charge in [-0.15, -0.1) is 0 Å². The zero-order valence-corrected chi connectivity index (χ0v) is 28.5. The van der Waals surface area contributed by atoms with Crippen molar-refractivity contribution in [1.29, 1.82) is 0 Å². The van der Waals surface area contributed by atoms with E-state index < -0.39 is 17.6 Å². The van der Waals surface area contributed by atoms with Crippen LogP contribution in [-0.2, 0) is 17.6 Å². The van der Waals surface area contributed by atoms with Crippen LogP contribution < -0.4 is 43.7 Å². The van der Waals surface area contributed by atoms with Crippen LogP contribution in [0.2, 0.25) is 5.02 Å². The fourth-order valence-electron chi connectivity index (χ4n) is 4.90. The molecule has 2 atom stereocenters. The Kier molecular flexibility index (Phi) is 19.4. The molecule has 42 heavy (non-hydrogen) atoms. The maximum atomic E-state index is 13.7. The Morgan fingerprint density at radius 1 is 0.929 bits per heavy atom. The number of carbonyl (C=O) groups is 3. The Morgan fingerprint density at radius 2 is 1.40 bits per heavy atom. The summed E-state index contributed by atoms with van der Waals surface area (Å²) in [6.07, 6.45) is 7.24. The summed E-state index contributed by atoms with van der Waals surface area (Å²) in [4.78, 5) is 33.2. The van der Waals surface area contributed by atoms with E-state index in [0.717, 1.165) is 63.0 Å². The first kappa shape index (κ1) is 40.2. The first-order valence-corrected chi connectivity index (χ1v) is 14.0. The zero-order chi connectivity index (χ0) is 31.3. The number of hydrogen-bond donors (Lipinski definition) is 1. The van der Waals surface area contributed by atoms with E-state index in [-0.39, 0.29) is 69.5 Å². The third-order valence-corrected chi connectivity index (χ3v) is 7.26. The number of hydrogen-bond acceptors (Lipinski definition) is 6. The van der Waals surface area contributed by atoms with Gasteiger partial charge in [-0.05, 0) is 55.0 Å². The molecule has 1 N–H and O–H groups in total. The molecule has 0 spiro atoms. The molecule has 12 heteroatoms. The van der Waals surface area contributed by atoms with Crippen molar-refractivity contribution in [3.63, 3.8) is 0 Å². The van der Waals surface area contributed by atoms with Crippen LogP contribution in [0.25, 0.3) is 0 Å². The first-order valence-electron chi connectivity index (χ1n) is 13.3. The minimum absolute atomic E-state index is 0. The Labute approximate surface area is 278 Å². The van der Waals surface area contributed by atoms with Crippen molar-refractivity contribution >= 4 is 41.0 Å². The third-order valence-electron chi connectivity index (χ3n) is 6.86. The van der Waals surface area contributed by atoms with E-state index in [9.17, 15) is 18.4 Å². The van der Waals surface area contributed by atoms with Crippen molar-refractivity contribution in [2.24, 2.45) is 11.8 Å². The molecule has 0 radical (unpaired) electrons. The van der Waals surface area contributed by atoms with E-state index in [1.54, 1.807) is 6.07 Å². The van der Waals surface area contributed by atoms with Crippen molar-refractivity contribution in [2.75, 3.05) is 14.2 Å². The summed E-state index contributed by atoms with van der Waals surface area (Å²) in [7, 11) is 2.82. The second-order valence-corrected chi connectivity index (χ2v) is 10.1. The van der Waals surface area contributed by atoms with Gasteiger partial charge in [0.2, 0.25) is 0 Å². The maximum Gasteiger partial charge on any atom is 1.00 e. The van der Waals surface area contributed by atoms with Gasteiger partial charge < -0.3 is 19.2 Å². The monoisotopic (exact) mass is 640 g/mol. The summed E-state index contributed by atoms with van der Waals surface area (Å²) >= 11 is 9.50. The largest absolute Gasteiger partial charge is 1.00 e. The summed E-state index contributed by atoms with van der Waals surface area (Å²) in [5.74, 6) is -1.48. The molecule has 4 rings (SSSR count). The molecule has 2 aliphatic carbocycles. The van der Waals surface area contributed by atoms with Crippen molar-refractivity contribution in [2.45, 2.75) is 72.1 Å². The molecule has 0 heterocycles. The molecule has 2 aromatic carbocycles. The summed E-state index contributed by atoms with van der Waals surface area (Å²) in [5, 5.41) is 7.67. The molecule has 0 saturated heterocycles. The number of unbranched alkanes of at least 4 members (excludes halogenated alkanes) is 2. The number of carboxylic acid groups (broad SMARTS) is 1. The SMILES string of the molecule is CC(=O)O.CCCCC1Cc2c(cc(F)c(OC)c2Cl)C1=O.CCCCC1Cc2cc(OC)c(F)cc2C1=O.[Na+].[O-]Cl. The maximum absolute atomic E-state index is 13.7. The second-order valence-electron chi connectivity index (χ2n) is 9.71. The number of methoxy groups -OCH3 is 2. The van der Waals surface area contributed by atoms with E-state index in [2.05, 4.69) is 25.7 Å². The average molecular weight is 642 g/mol. The van der Waals surface area contributed by atoms with Crippen LogP contribution >= 0.6 is 23.5 Å². The van der Waals surface area contributed by atoms with Gasteiger partial charge in [0, 0.05) is 29.9 Å². The van der Waals surface area contributed by atoms with E-state index in [0.29, 0.717) is 17.5 Å². The standard InChI is InChI=1S/C14H16ClFO2.C14H17FO2.C2H4O2.ClO.Na/c1-3-4-5-8-6-9-10(13(8)17)7-11(16)14(18-2)12(9)15;1-3-4-5-9-6-10-7-13(17-2)12(15)8-11(10)14(9)16;1-2(3)4;1-2;/h7-8H,3-6H2,1-2H3;7-9H,3-6H2,1-2H3;1H3,(H,3,4);;/q;;;-1;+1. The molecule has 0 saturated carbocycles. The average Bonchev–Trinajstić information content (AvgIpc) is 3.42. The minimum atomic E-state index is -0.833. The Balaban J connectivity index is 0.000000662. The second kappa shape index (κ2) is 20.3. The van der Waals surface area contributed by atoms with Gasteiger partial charge >= 0.3 is 29.6 Å². The van der Waals surface area contributed by atoms with E-state index in [4.69, 9.17) is 35.6 Å². The number of aliphatic carboxylic acids is 1. The molecule has 2 unspecified atom stereocenters. The molecule has 0 aromatic heterocycles. The van der Waals surface area contributed by atoms with Gasteiger partial charge in [0.05, 0.1) is 19.2 Å². The predicted molar refractivity (Wildman–Crippen MR) is 152 cm³/mol. The molecular weight excluding hydrogens is 604 g/mol. The quantitative estimate of drug-likeness (QED) is 0.434. The van der Waals surface area contributed by atoms with E-state index >= 15 is 0 Å². The van der Waals surface area contributed by atoms with Crippen molar-refractivity contribution in [3.05, 3.63) is 57.1 Å². The van der Waals surface area contributed by atoms with Gasteiger partial charge in [0.15, 0.2) is 34.7 Å². The van der Waals surface area contributed by atoms with Gasteiger partial charge in [-0.3, -0.25) is 14.4 Å². The Morgan fingerprint density at radius 3 is 1.88 bits per heavy atom. The van der Waals surface area contributed by atoms with Crippen LogP contribution in [0.3, 0.4) is 0 Å². The number of benzene rings is 2. The van der Waals surface area contributed by atoms with Crippen molar-refractivity contribution in [3.8, 4) is 11.5 Å². The molecule has 0 fully saturated rings. The summed E-state index contributed by atoms with van der Waals surface area (Å²) < 4.78 is 44.8. The number of ether oxygens (including phenoxy) is 2. The van der Waals surface area contributed by atoms with Crippen LogP contribution in [0.15, 0.2) is 18.2 Å². The van der Waals surface area contributed by atoms with E-state index in [1.807, 2.05) is 0 Å². The number of halogens is 4. The minimum Gasteiger partial charge on any atom is -0.769 e. The van der Waals surface area contributed by atoms with Crippen molar-refractivity contribution < 1.29 is 72.0 Å². The Hall–Kier alpha value is -1.75. The third kappa shape index (κ3) is 10.8. The summed E-state index contributed by atoms with van der Waals surface area (Å²) in [6, 6.07) is 4.24. The number of Topliss-reactive ketones (excluding diaryl/α,β-unsaturated/α-hetero) is 2. The molecule has 0 aliphatic heterocycles. The molecule has 0 amide bonds. The molecule has 2 aromatic rings. The van der Waals surface area contributed by atoms with Gasteiger partial charge in [0.1, 0.15) is 0 Å². The number of rotatable bonds is 8. The molecular formula is C30H37Cl2F2NaO7. The van der Waals surface area contributed by atoms with Crippen LogP contribution in [0.4, 0.5) is 8.78 Å². The van der Waals surface area contributed by atoms with Crippen LogP contribution in [-0.4, -0.2) is 36.9 Å². The van der Waals surface area contributed by atoms with Crippen LogP contribution in [0, 0.1) is 23.5 Å². The molecule has 7 nitrogen and oxygen atoms in total. The first-order chi connectivity index (χ1) is 19.5. The fourth-order valence-corrected chi connectivity index (χ4v) is 5.25. The van der Waals surface area contributed by atoms with Gasteiger partial charge in [0.25, 0.3) is 5.97 Å². The molecule has 0 bridgehead atoms. The van der Waals surface area contributed by atoms with Crippen LogP contribution in [0.1, 0.15) is 91.1 Å². The number of fused-ring (bicyclic) bond motifs is 2. The topological polar surface area (TPSA) is 113 Å². The summed E-state index contributed by atoms with van der Waals surface area (Å²) in [6.45, 7) is 5.28. The molecule has 228 valence electrons. The normalized spacial score (nSPS) is 15.9. The number of ketones is 2. The van der Waals surface area contributed by atoms with Gasteiger partial charge in [-0.1, -0.05) is 51.1 Å². The zero-order valence-electron chi connectivity index (χ0n) is 25.0. The predicted octanol–water partition coefficient (Wildman–Crippen LogP) is 4.01. The number of carbonyl (C=O) groups excluding carboxylic acids is 2. The van der Waals surface area contributed by atoms with Gasteiger partial charge in [-0.25, -0.2) is 20.6 Å².